The molecule has 0 saturated carbocycles. The van der Waals surface area contributed by atoms with E-state index in [-0.39, 0.29) is 0 Å². The van der Waals surface area contributed by atoms with Crippen LogP contribution in [-0.4, -0.2) is 0 Å². The first-order valence-corrected chi connectivity index (χ1v) is 19.8. The van der Waals surface area contributed by atoms with Crippen LogP contribution in [0.4, 0.5) is 17.1 Å². The van der Waals surface area contributed by atoms with E-state index in [1.165, 1.54) is 33.4 Å². The van der Waals surface area contributed by atoms with Gasteiger partial charge in [0.05, 0.1) is 16.8 Å². The summed E-state index contributed by atoms with van der Waals surface area (Å²) < 4.78 is 14.3. The van der Waals surface area contributed by atoms with Gasteiger partial charge in [-0.15, -0.1) is 0 Å². The summed E-state index contributed by atoms with van der Waals surface area (Å²) in [6, 6.07) is 75.7. The normalized spacial score (nSPS) is 13.2. The van der Waals surface area contributed by atoms with Gasteiger partial charge in [-0.2, -0.15) is 0 Å². The molecule has 3 nitrogen and oxygen atoms in total. The first kappa shape index (κ1) is 32.6. The van der Waals surface area contributed by atoms with Crippen LogP contribution in [0.3, 0.4) is 0 Å². The Morgan fingerprint density at radius 1 is 0.328 bits per heavy atom. The molecule has 1 spiro atoms. The lowest BCUT2D eigenvalue weighted by atomic mass is 9.70. The smallest absolute Gasteiger partial charge is 0.194 e. The number of anilines is 3. The Bertz CT molecular complexity index is 3030. The van der Waals surface area contributed by atoms with E-state index >= 15 is 0 Å². The lowest BCUT2D eigenvalue weighted by Crippen LogP contribution is -2.25. The Hall–Kier alpha value is -7.62. The summed E-state index contributed by atoms with van der Waals surface area (Å²) in [5.74, 6) is 2.78. The average molecular weight is 742 g/mol. The zero-order valence-corrected chi connectivity index (χ0v) is 31.5. The van der Waals surface area contributed by atoms with Crippen LogP contribution in [0.2, 0.25) is 0 Å². The molecule has 0 bridgehead atoms. The first-order chi connectivity index (χ1) is 28.8. The molecule has 272 valence electrons. The van der Waals surface area contributed by atoms with Gasteiger partial charge in [-0.05, 0) is 92.0 Å². The van der Waals surface area contributed by atoms with Crippen molar-refractivity contribution in [2.75, 3.05) is 4.90 Å². The Balaban J connectivity index is 1.08. The van der Waals surface area contributed by atoms with Crippen LogP contribution in [0.25, 0.3) is 44.5 Å². The third kappa shape index (κ3) is 4.62. The molecule has 1 heterocycles. The van der Waals surface area contributed by atoms with Gasteiger partial charge < -0.3 is 14.4 Å². The maximum absolute atomic E-state index is 7.40. The van der Waals surface area contributed by atoms with Crippen molar-refractivity contribution >= 4 is 17.1 Å². The van der Waals surface area contributed by atoms with Gasteiger partial charge in [0.25, 0.3) is 0 Å². The molecule has 0 unspecified atom stereocenters. The maximum atomic E-state index is 7.40. The Kier molecular flexibility index (Phi) is 7.14. The van der Waals surface area contributed by atoms with Gasteiger partial charge in [-0.1, -0.05) is 176 Å². The summed E-state index contributed by atoms with van der Waals surface area (Å²) in [6.07, 6.45) is 0. The molecule has 3 heteroatoms. The minimum Gasteiger partial charge on any atom is -0.449 e. The molecule has 2 aliphatic carbocycles. The SMILES string of the molecule is c1ccc(-c2cccc(N(c3ccccc3-c3ccccc3)c3cccc4c3Oc3c(ccc5c3-c3ccccc3C53c5ccccc5-c5ccccc53)O4)c2)cc1. The highest BCUT2D eigenvalue weighted by molar-refractivity contribution is 5.98. The number of ether oxygens (including phenoxy) is 2. The Morgan fingerprint density at radius 3 is 1.59 bits per heavy atom. The number of fused-ring (bicyclic) bond motifs is 13. The molecular weight excluding hydrogens is 707 g/mol. The van der Waals surface area contributed by atoms with Gasteiger partial charge in [-0.3, -0.25) is 0 Å². The summed E-state index contributed by atoms with van der Waals surface area (Å²) in [4.78, 5) is 2.32. The minimum absolute atomic E-state index is 0.490. The van der Waals surface area contributed by atoms with E-state index in [9.17, 15) is 0 Å². The van der Waals surface area contributed by atoms with E-state index < -0.39 is 5.41 Å². The Labute approximate surface area is 337 Å². The van der Waals surface area contributed by atoms with Crippen molar-refractivity contribution in [1.29, 1.82) is 0 Å². The van der Waals surface area contributed by atoms with Crippen LogP contribution < -0.4 is 14.4 Å². The molecule has 0 amide bonds. The highest BCUT2D eigenvalue weighted by Crippen LogP contribution is 2.67. The summed E-state index contributed by atoms with van der Waals surface area (Å²) in [6.45, 7) is 0. The van der Waals surface area contributed by atoms with Gasteiger partial charge in [0, 0.05) is 16.8 Å². The lowest BCUT2D eigenvalue weighted by molar-refractivity contribution is 0.361. The average Bonchev–Trinajstić information content (AvgIpc) is 3.77. The zero-order valence-electron chi connectivity index (χ0n) is 31.5. The zero-order chi connectivity index (χ0) is 38.2. The summed E-state index contributed by atoms with van der Waals surface area (Å²) >= 11 is 0. The molecule has 58 heavy (non-hydrogen) atoms. The number of nitrogens with zero attached hydrogens (tertiary/aromatic N) is 1. The molecule has 9 aromatic rings. The van der Waals surface area contributed by atoms with E-state index in [0.717, 1.165) is 56.2 Å². The molecule has 0 radical (unpaired) electrons. The van der Waals surface area contributed by atoms with E-state index in [0.29, 0.717) is 17.2 Å². The first-order valence-electron chi connectivity index (χ1n) is 19.8. The van der Waals surface area contributed by atoms with Crippen LogP contribution in [-0.2, 0) is 5.41 Å². The van der Waals surface area contributed by atoms with Crippen LogP contribution in [0.1, 0.15) is 22.3 Å². The van der Waals surface area contributed by atoms with Crippen molar-refractivity contribution in [1.82, 2.24) is 0 Å². The van der Waals surface area contributed by atoms with E-state index in [4.69, 9.17) is 9.47 Å². The lowest BCUT2D eigenvalue weighted by Gasteiger charge is -2.33. The third-order valence-electron chi connectivity index (χ3n) is 12.1. The van der Waals surface area contributed by atoms with Crippen LogP contribution in [0.5, 0.6) is 23.0 Å². The molecule has 3 aliphatic rings. The molecule has 0 atom stereocenters. The van der Waals surface area contributed by atoms with Crippen molar-refractivity contribution in [2.45, 2.75) is 5.41 Å². The maximum Gasteiger partial charge on any atom is 0.194 e. The van der Waals surface area contributed by atoms with Crippen molar-refractivity contribution in [2.24, 2.45) is 0 Å². The summed E-state index contributed by atoms with van der Waals surface area (Å²) in [7, 11) is 0. The third-order valence-corrected chi connectivity index (χ3v) is 12.1. The van der Waals surface area contributed by atoms with Crippen LogP contribution >= 0.6 is 0 Å². The van der Waals surface area contributed by atoms with Gasteiger partial charge in [0.15, 0.2) is 23.0 Å². The van der Waals surface area contributed by atoms with E-state index in [1.54, 1.807) is 0 Å². The van der Waals surface area contributed by atoms with Gasteiger partial charge in [0.2, 0.25) is 0 Å². The molecule has 0 saturated heterocycles. The van der Waals surface area contributed by atoms with Crippen LogP contribution in [0, 0.1) is 0 Å². The van der Waals surface area contributed by atoms with Crippen molar-refractivity contribution in [3.05, 3.63) is 235 Å². The fourth-order valence-corrected chi connectivity index (χ4v) is 9.79. The van der Waals surface area contributed by atoms with Gasteiger partial charge in [-0.25, -0.2) is 0 Å². The minimum atomic E-state index is -0.490. The summed E-state index contributed by atoms with van der Waals surface area (Å²) in [5.41, 5.74) is 16.8. The van der Waals surface area contributed by atoms with Gasteiger partial charge in [0.1, 0.15) is 0 Å². The number of hydrogen-bond acceptors (Lipinski definition) is 3. The fourth-order valence-electron chi connectivity index (χ4n) is 9.79. The van der Waals surface area contributed by atoms with E-state index in [2.05, 4.69) is 211 Å². The quantitative estimate of drug-likeness (QED) is 0.175. The highest BCUT2D eigenvalue weighted by atomic mass is 16.6. The second kappa shape index (κ2) is 12.7. The standard InChI is InChI=1S/C55H35NO2/c1-3-17-36(18-4-1)38-21-15-22-39(35-38)56(48-30-14-10-23-40(48)37-19-5-2-6-20-37)49-31-16-32-50-53(49)58-54-51(57-50)34-33-47-52(54)43-26-9-13-29-46(43)55(47)44-27-11-7-24-41(44)42-25-8-12-28-45(42)55/h1-35H. The largest absolute Gasteiger partial charge is 0.449 e. The highest BCUT2D eigenvalue weighted by Gasteiger charge is 2.53. The molecule has 0 N–H and O–H groups in total. The number of para-hydroxylation sites is 2. The molecule has 9 aromatic carbocycles. The molecule has 12 rings (SSSR count). The monoisotopic (exact) mass is 741 g/mol. The molecule has 1 aliphatic heterocycles. The second-order valence-electron chi connectivity index (χ2n) is 15.1. The van der Waals surface area contributed by atoms with Crippen molar-refractivity contribution in [3.63, 3.8) is 0 Å². The number of rotatable bonds is 5. The second-order valence-corrected chi connectivity index (χ2v) is 15.1. The van der Waals surface area contributed by atoms with Crippen LogP contribution in [0.15, 0.2) is 212 Å². The summed E-state index contributed by atoms with van der Waals surface area (Å²) in [5, 5.41) is 0. The molecular formula is C55H35NO2. The Morgan fingerprint density at radius 2 is 0.862 bits per heavy atom. The predicted molar refractivity (Wildman–Crippen MR) is 235 cm³/mol. The van der Waals surface area contributed by atoms with Gasteiger partial charge >= 0.3 is 0 Å². The topological polar surface area (TPSA) is 21.7 Å². The molecule has 0 aromatic heterocycles. The fraction of sp³-hybridized carbons (Fsp3) is 0.0182. The number of hydrogen-bond donors (Lipinski definition) is 0. The van der Waals surface area contributed by atoms with E-state index in [1.807, 2.05) is 6.07 Å². The predicted octanol–water partition coefficient (Wildman–Crippen LogP) is 14.7. The molecule has 0 fully saturated rings. The number of benzene rings is 9. The van der Waals surface area contributed by atoms with Crippen molar-refractivity contribution in [3.8, 4) is 67.5 Å². The van der Waals surface area contributed by atoms with Crippen molar-refractivity contribution < 1.29 is 9.47 Å².